The molecule has 0 radical (unpaired) electrons. The second-order valence-electron chi connectivity index (χ2n) is 32.6. The summed E-state index contributed by atoms with van der Waals surface area (Å²) < 4.78 is 0. The van der Waals surface area contributed by atoms with Crippen molar-refractivity contribution < 1.29 is 133 Å². The zero-order valence-electron chi connectivity index (χ0n) is 78.2. The van der Waals surface area contributed by atoms with Gasteiger partial charge in [-0.2, -0.15) is 9.59 Å². The van der Waals surface area contributed by atoms with Crippen LogP contribution in [0.3, 0.4) is 0 Å². The van der Waals surface area contributed by atoms with Crippen LogP contribution in [-0.4, -0.2) is 159 Å². The van der Waals surface area contributed by atoms with Crippen LogP contribution in [0.4, 0.5) is 0 Å². The molecule has 0 aliphatic rings. The molecule has 2 unspecified atom stereocenters. The van der Waals surface area contributed by atoms with Crippen LogP contribution in [-0.2, 0) is 84.5 Å². The van der Waals surface area contributed by atoms with Gasteiger partial charge in [0, 0.05) is 77.9 Å². The SMILES string of the molecule is CC(C(=O)O)c1cccc(C(=O)c2ccccc2)c1.CC(C)(C(=O)O)c1cccc(C(=O)c2ccccc2)c1.CCC(C(=O)O)c1cccc(C(=O)c2ccccc2)c1.Cc1cccc(C(=O)c2cccc(CC(=O)O)c2)c1.O=C(O)Cc1cc(CC(=O)O)cc(C(=O)c2ccccc2)c1.O=C(O)Cc1cccc(C(=O)c2ccccc2)c1.O=C(c1ccccc1)c1cccc(C(CO)(CO)C(=O)O)c1.O=C=O. The van der Waals surface area contributed by atoms with Gasteiger partial charge in [0.1, 0.15) is 5.41 Å². The molecule has 0 heterocycles. The van der Waals surface area contributed by atoms with Gasteiger partial charge in [0.25, 0.3) is 0 Å². The lowest BCUT2D eigenvalue weighted by atomic mass is 9.81. The Morgan fingerprint density at radius 3 is 0.818 bits per heavy atom. The van der Waals surface area contributed by atoms with Crippen molar-refractivity contribution in [2.75, 3.05) is 13.2 Å². The van der Waals surface area contributed by atoms with E-state index < -0.39 is 83.6 Å². The first-order chi connectivity index (χ1) is 68.3. The number of hydrogen-bond acceptors (Lipinski definition) is 19. The highest BCUT2D eigenvalue weighted by atomic mass is 16.4. The van der Waals surface area contributed by atoms with Crippen molar-refractivity contribution in [3.05, 3.63) is 498 Å². The molecule has 0 spiro atoms. The highest BCUT2D eigenvalue weighted by Crippen LogP contribution is 2.30. The lowest BCUT2D eigenvalue weighted by Crippen LogP contribution is -2.43. The molecule has 0 amide bonds. The van der Waals surface area contributed by atoms with Crippen LogP contribution in [0.25, 0.3) is 0 Å². The molecule has 0 aliphatic carbocycles. The third-order valence-corrected chi connectivity index (χ3v) is 21.9. The summed E-state index contributed by atoms with van der Waals surface area (Å²) in [6, 6.07) is 105. The molecular formula is C116H102O27. The first-order valence-corrected chi connectivity index (χ1v) is 44.2. The van der Waals surface area contributed by atoms with Gasteiger partial charge >= 0.3 is 53.9 Å². The van der Waals surface area contributed by atoms with Gasteiger partial charge in [0.05, 0.1) is 56.1 Å². The molecule has 0 fully saturated rings. The molecule has 0 aromatic heterocycles. The predicted molar refractivity (Wildman–Crippen MR) is 530 cm³/mol. The number of carbonyl (C=O) groups excluding carboxylic acids is 9. The largest absolute Gasteiger partial charge is 0.481 e. The summed E-state index contributed by atoms with van der Waals surface area (Å²) in [4.78, 5) is 190. The van der Waals surface area contributed by atoms with E-state index in [0.717, 1.165) is 5.56 Å². The van der Waals surface area contributed by atoms with Crippen molar-refractivity contribution in [1.82, 2.24) is 0 Å². The van der Waals surface area contributed by atoms with Gasteiger partial charge in [0.2, 0.25) is 0 Å². The average molecular weight is 1930 g/mol. The first kappa shape index (κ1) is 112. The van der Waals surface area contributed by atoms with Gasteiger partial charge in [-0.1, -0.05) is 328 Å². The third kappa shape index (κ3) is 34.2. The second kappa shape index (κ2) is 55.9. The molecule has 27 nitrogen and oxygen atoms in total. The summed E-state index contributed by atoms with van der Waals surface area (Å²) >= 11 is 0. The molecule has 0 saturated heterocycles. The number of aliphatic hydroxyl groups excluding tert-OH is 2. The Morgan fingerprint density at radius 2 is 0.517 bits per heavy atom. The van der Waals surface area contributed by atoms with Gasteiger partial charge < -0.3 is 51.1 Å². The molecule has 0 saturated carbocycles. The van der Waals surface area contributed by atoms with Crippen molar-refractivity contribution in [3.63, 3.8) is 0 Å². The van der Waals surface area contributed by atoms with E-state index in [1.807, 2.05) is 68.4 Å². The number of hydrogen-bond donors (Lipinski definition) is 10. The van der Waals surface area contributed by atoms with E-state index in [0.29, 0.717) is 123 Å². The number of ketones is 7. The summed E-state index contributed by atoms with van der Waals surface area (Å²) in [6.45, 7) is 7.09. The summed E-state index contributed by atoms with van der Waals surface area (Å²) in [5, 5.41) is 90.9. The summed E-state index contributed by atoms with van der Waals surface area (Å²) in [6.07, 6.45) is 0.0776. The molecule has 728 valence electrons. The zero-order chi connectivity index (χ0) is 105. The number of rotatable bonds is 33. The van der Waals surface area contributed by atoms with Gasteiger partial charge in [-0.15, -0.1) is 0 Å². The summed E-state index contributed by atoms with van der Waals surface area (Å²) in [5.74, 6) is -10.1. The Labute approximate surface area is 823 Å². The predicted octanol–water partition coefficient (Wildman–Crippen LogP) is 18.1. The van der Waals surface area contributed by atoms with E-state index in [1.54, 1.807) is 300 Å². The number of carbonyl (C=O) groups is 15. The van der Waals surface area contributed by atoms with E-state index in [-0.39, 0.29) is 77.9 Å². The number of aliphatic hydroxyl groups is 2. The quantitative estimate of drug-likeness (QED) is 0.0171. The third-order valence-electron chi connectivity index (χ3n) is 21.9. The Kier molecular flexibility index (Phi) is 43.7. The lowest BCUT2D eigenvalue weighted by molar-refractivity contribution is -0.192. The number of carboxylic acid groups (broad SMARTS) is 8. The lowest BCUT2D eigenvalue weighted by Gasteiger charge is -2.25. The Morgan fingerprint density at radius 1 is 0.266 bits per heavy atom. The molecular weight excluding hydrogens is 1830 g/mol. The standard InChI is InChI=1S/C17H16O5.C17H14O5.2C17H16O3.2C16H14O3.C15H12O3.CO2/c18-10-17(11-19,16(21)22)14-8-4-7-13(9-14)15(20)12-5-2-1-3-6-12;18-15(19)9-11-6-12(10-16(20)21)8-14(7-11)17(22)13-4-2-1-3-5-13;1-17(2,16(19)20)14-10-6-9-13(11-14)15(18)12-7-4-3-5-8-12;1-2-15(17(19)20)13-9-6-10-14(11-13)16(18)12-7-4-3-5-8-12;1-11-4-2-6-13(8-11)16(19)14-7-3-5-12(9-14)10-15(17)18;1-11(16(18)19)13-8-5-9-14(10-13)15(17)12-6-3-2-4-7-12;16-14(17)10-11-5-4-8-13(9-11)15(18)12-6-2-1-3-7-12;2-1-3/h1-9,18-19H,10-11H2,(H,21,22);1-8H,9-10H2,(H,18,19)(H,20,21);3-11H,1-2H3,(H,19,20);3-11,15H,2H2,1H3,(H,19,20);2-9H,10H2,1H3,(H,17,18);2-11H,1H3,(H,18,19);1-9H,10H2,(H,16,17);. The van der Waals surface area contributed by atoms with Crippen LogP contribution in [0, 0.1) is 6.92 Å². The van der Waals surface area contributed by atoms with Crippen LogP contribution in [0.5, 0.6) is 0 Å². The summed E-state index contributed by atoms with van der Waals surface area (Å²) in [7, 11) is 0. The molecule has 14 aromatic carbocycles. The first-order valence-electron chi connectivity index (χ1n) is 44.2. The van der Waals surface area contributed by atoms with Crippen molar-refractivity contribution in [2.45, 2.75) is 89.4 Å². The van der Waals surface area contributed by atoms with E-state index in [2.05, 4.69) is 0 Å². The van der Waals surface area contributed by atoms with E-state index in [9.17, 15) is 97.5 Å². The topological polar surface area (TPSA) is 492 Å². The van der Waals surface area contributed by atoms with Crippen LogP contribution in [0.2, 0.25) is 0 Å². The van der Waals surface area contributed by atoms with Gasteiger partial charge in [-0.25, -0.2) is 0 Å². The normalized spacial score (nSPS) is 10.7. The van der Waals surface area contributed by atoms with Crippen LogP contribution in [0.15, 0.2) is 370 Å². The second-order valence-corrected chi connectivity index (χ2v) is 32.6. The van der Waals surface area contributed by atoms with E-state index >= 15 is 0 Å². The zero-order valence-corrected chi connectivity index (χ0v) is 78.2. The van der Waals surface area contributed by atoms with Crippen molar-refractivity contribution in [1.29, 1.82) is 0 Å². The average Bonchev–Trinajstić information content (AvgIpc) is 0.790. The van der Waals surface area contributed by atoms with E-state index in [1.165, 1.54) is 36.4 Å². The molecule has 0 aliphatic heterocycles. The van der Waals surface area contributed by atoms with Crippen LogP contribution >= 0.6 is 0 Å². The highest BCUT2D eigenvalue weighted by Gasteiger charge is 2.40. The molecule has 14 aromatic rings. The highest BCUT2D eigenvalue weighted by molar-refractivity contribution is 6.13. The Bertz CT molecular complexity index is 6810. The number of carboxylic acids is 8. The molecule has 0 bridgehead atoms. The van der Waals surface area contributed by atoms with Crippen molar-refractivity contribution in [2.24, 2.45) is 0 Å². The molecule has 14 rings (SSSR count). The van der Waals surface area contributed by atoms with E-state index in [4.69, 9.17) is 35.1 Å². The van der Waals surface area contributed by atoms with Gasteiger partial charge in [-0.3, -0.25) is 71.9 Å². The Balaban J connectivity index is 0.000000225. The Hall–Kier alpha value is -18.2. The fraction of sp³-hybridized carbons (Fsp3) is 0.138. The molecule has 27 heteroatoms. The maximum atomic E-state index is 12.4. The van der Waals surface area contributed by atoms with Gasteiger partial charge in [-0.05, 0) is 133 Å². The van der Waals surface area contributed by atoms with Crippen molar-refractivity contribution in [3.8, 4) is 0 Å². The molecule has 2 atom stereocenters. The number of benzene rings is 14. The smallest absolute Gasteiger partial charge is 0.373 e. The molecule has 143 heavy (non-hydrogen) atoms. The fourth-order valence-corrected chi connectivity index (χ4v) is 14.1. The van der Waals surface area contributed by atoms with Crippen molar-refractivity contribution >= 4 is 94.4 Å². The minimum Gasteiger partial charge on any atom is -0.481 e. The minimum absolute atomic E-state index is 0.0735. The maximum Gasteiger partial charge on any atom is 0.373 e. The number of aryl methyl sites for hydroxylation is 1. The minimum atomic E-state index is -1.83. The fourth-order valence-electron chi connectivity index (χ4n) is 14.1. The van der Waals surface area contributed by atoms with Crippen LogP contribution < -0.4 is 0 Å². The monoisotopic (exact) mass is 1930 g/mol. The maximum absolute atomic E-state index is 12.4. The van der Waals surface area contributed by atoms with Gasteiger partial charge in [0.15, 0.2) is 40.5 Å². The summed E-state index contributed by atoms with van der Waals surface area (Å²) in [5.41, 5.74) is 9.49. The number of aliphatic carboxylic acids is 8. The van der Waals surface area contributed by atoms with Crippen LogP contribution in [0.1, 0.15) is 207 Å². The molecule has 10 N–H and O–H groups in total.